The minimum Gasteiger partial charge on any atom is -0.424 e. The molecule has 0 saturated heterocycles. The van der Waals surface area contributed by atoms with Gasteiger partial charge in [-0.25, -0.2) is 9.97 Å². The van der Waals surface area contributed by atoms with Crippen LogP contribution in [0.25, 0.3) is 0 Å². The van der Waals surface area contributed by atoms with Gasteiger partial charge in [-0.15, -0.1) is 0 Å². The van der Waals surface area contributed by atoms with Crippen molar-refractivity contribution in [2.75, 3.05) is 0 Å². The van der Waals surface area contributed by atoms with Crippen LogP contribution in [0, 0.1) is 17.4 Å². The van der Waals surface area contributed by atoms with Gasteiger partial charge in [-0.2, -0.15) is 5.26 Å². The van der Waals surface area contributed by atoms with E-state index in [0.717, 1.165) is 12.0 Å². The van der Waals surface area contributed by atoms with Gasteiger partial charge < -0.3 is 4.74 Å². The van der Waals surface area contributed by atoms with Gasteiger partial charge in [0.25, 0.3) is 0 Å². The van der Waals surface area contributed by atoms with Crippen molar-refractivity contribution in [1.29, 1.82) is 5.26 Å². The Morgan fingerprint density at radius 2 is 2.12 bits per heavy atom. The van der Waals surface area contributed by atoms with Crippen molar-refractivity contribution in [1.82, 2.24) is 9.97 Å². The lowest BCUT2D eigenvalue weighted by molar-refractivity contribution is 0.437. The molecule has 2 rings (SSSR count). The second-order valence-electron chi connectivity index (χ2n) is 3.36. The summed E-state index contributed by atoms with van der Waals surface area (Å²) in [5.41, 5.74) is 1.58. The zero-order valence-electron chi connectivity index (χ0n) is 9.34. The lowest BCUT2D eigenvalue weighted by Gasteiger charge is -2.08. The minimum absolute atomic E-state index is 0.281. The lowest BCUT2D eigenvalue weighted by Crippen LogP contribution is -1.94. The van der Waals surface area contributed by atoms with Crippen LogP contribution in [0.15, 0.2) is 30.6 Å². The van der Waals surface area contributed by atoms with Crippen molar-refractivity contribution in [3.05, 3.63) is 47.8 Å². The number of nitriles is 1. The smallest absolute Gasteiger partial charge is 0.321 e. The van der Waals surface area contributed by atoms with E-state index in [1.165, 1.54) is 12.4 Å². The summed E-state index contributed by atoms with van der Waals surface area (Å²) in [6.07, 6.45) is 3.78. The van der Waals surface area contributed by atoms with Gasteiger partial charge in [0.1, 0.15) is 5.75 Å². The van der Waals surface area contributed by atoms with Gasteiger partial charge in [0.2, 0.25) is 0 Å². The van der Waals surface area contributed by atoms with Gasteiger partial charge in [-0.1, -0.05) is 6.92 Å². The highest BCUT2D eigenvalue weighted by atomic mass is 16.5. The zero-order valence-corrected chi connectivity index (χ0v) is 9.34. The Balaban J connectivity index is 2.30. The van der Waals surface area contributed by atoms with E-state index in [-0.39, 0.29) is 6.01 Å². The summed E-state index contributed by atoms with van der Waals surface area (Å²) in [5, 5.41) is 8.82. The summed E-state index contributed by atoms with van der Waals surface area (Å²) in [6.45, 7) is 2.00. The predicted molar refractivity (Wildman–Crippen MR) is 61.5 cm³/mol. The maximum atomic E-state index is 8.82. The Kier molecular flexibility index (Phi) is 3.31. The van der Waals surface area contributed by atoms with Crippen molar-refractivity contribution in [2.24, 2.45) is 0 Å². The third-order valence-corrected chi connectivity index (χ3v) is 2.27. The van der Waals surface area contributed by atoms with Crippen LogP contribution in [-0.2, 0) is 6.42 Å². The molecule has 0 spiro atoms. The first-order chi connectivity index (χ1) is 8.33. The second kappa shape index (κ2) is 5.08. The molecule has 0 fully saturated rings. The van der Waals surface area contributed by atoms with Gasteiger partial charge in [-0.05, 0) is 30.2 Å². The molecule has 1 aromatic carbocycles. The van der Waals surface area contributed by atoms with Crippen molar-refractivity contribution in [3.63, 3.8) is 0 Å². The second-order valence-corrected chi connectivity index (χ2v) is 3.36. The molecule has 17 heavy (non-hydrogen) atoms. The fourth-order valence-electron chi connectivity index (χ4n) is 1.43. The van der Waals surface area contributed by atoms with Gasteiger partial charge >= 0.3 is 6.01 Å². The lowest BCUT2D eigenvalue weighted by atomic mass is 10.1. The van der Waals surface area contributed by atoms with Crippen molar-refractivity contribution in [3.8, 4) is 17.8 Å². The highest BCUT2D eigenvalue weighted by molar-refractivity contribution is 5.42. The van der Waals surface area contributed by atoms with Crippen molar-refractivity contribution >= 4 is 0 Å². The Bertz CT molecular complexity index is 546. The molecule has 0 unspecified atom stereocenters. The summed E-state index contributed by atoms with van der Waals surface area (Å²) in [5.74, 6) is 0.678. The molecule has 0 aliphatic rings. The molecule has 1 heterocycles. The van der Waals surface area contributed by atoms with E-state index in [4.69, 9.17) is 10.00 Å². The molecule has 0 amide bonds. The van der Waals surface area contributed by atoms with E-state index < -0.39 is 0 Å². The Morgan fingerprint density at radius 1 is 1.35 bits per heavy atom. The number of hydrogen-bond acceptors (Lipinski definition) is 4. The Labute approximate surface area is 99.5 Å². The van der Waals surface area contributed by atoms with Crippen molar-refractivity contribution in [2.45, 2.75) is 13.3 Å². The van der Waals surface area contributed by atoms with Crippen LogP contribution in [0.1, 0.15) is 18.1 Å². The van der Waals surface area contributed by atoms with E-state index in [9.17, 15) is 0 Å². The van der Waals surface area contributed by atoms with Crippen LogP contribution in [0.2, 0.25) is 0 Å². The fraction of sp³-hybridized carbons (Fsp3) is 0.154. The van der Waals surface area contributed by atoms with Gasteiger partial charge in [0.05, 0.1) is 11.6 Å². The number of rotatable bonds is 3. The first-order valence-corrected chi connectivity index (χ1v) is 5.22. The molecule has 0 saturated carbocycles. The van der Waals surface area contributed by atoms with Crippen LogP contribution >= 0.6 is 0 Å². The van der Waals surface area contributed by atoms with E-state index >= 15 is 0 Å². The predicted octanol–water partition coefficient (Wildman–Crippen LogP) is 2.50. The Hall–Kier alpha value is -2.41. The Morgan fingerprint density at radius 3 is 2.76 bits per heavy atom. The summed E-state index contributed by atoms with van der Waals surface area (Å²) < 4.78 is 5.55. The van der Waals surface area contributed by atoms with Gasteiger partial charge in [0, 0.05) is 18.5 Å². The van der Waals surface area contributed by atoms with E-state index in [1.54, 1.807) is 12.1 Å². The molecule has 4 heteroatoms. The number of benzene rings is 1. The van der Waals surface area contributed by atoms with Gasteiger partial charge in [0.15, 0.2) is 0 Å². The average Bonchev–Trinajstić information content (AvgIpc) is 2.40. The summed E-state index contributed by atoms with van der Waals surface area (Å²) in [4.78, 5) is 7.88. The first kappa shape index (κ1) is 11.1. The maximum Gasteiger partial charge on any atom is 0.321 e. The molecule has 0 N–H and O–H groups in total. The monoisotopic (exact) mass is 224 g/mol. The maximum absolute atomic E-state index is 8.82. The number of nitrogens with zero attached hydrogens (tertiary/aromatic N) is 3. The molecular weight excluding hydrogens is 214 g/mol. The molecule has 0 atom stereocenters. The molecule has 1 radical (unpaired) electrons. The first-order valence-electron chi connectivity index (χ1n) is 5.22. The molecule has 2 aromatic rings. The molecular formula is C13H10N3O. The average molecular weight is 224 g/mol. The molecule has 0 aliphatic carbocycles. The van der Waals surface area contributed by atoms with E-state index in [2.05, 4.69) is 22.1 Å². The number of hydrogen-bond donors (Lipinski definition) is 0. The largest absolute Gasteiger partial charge is 0.424 e. The number of aryl methyl sites for hydroxylation is 1. The van der Waals surface area contributed by atoms with E-state index in [1.807, 2.05) is 13.0 Å². The van der Waals surface area contributed by atoms with Gasteiger partial charge in [-0.3, -0.25) is 0 Å². The van der Waals surface area contributed by atoms with Crippen LogP contribution in [0.3, 0.4) is 0 Å². The summed E-state index contributed by atoms with van der Waals surface area (Å²) >= 11 is 0. The normalized spacial score (nSPS) is 9.65. The van der Waals surface area contributed by atoms with Crippen LogP contribution in [-0.4, -0.2) is 9.97 Å². The standard InChI is InChI=1S/C13H10N3O/c1-2-11-8-10(9-14)4-5-12(11)17-13-15-6-3-7-16-13/h4-8H,2H2,1H3. The quantitative estimate of drug-likeness (QED) is 0.803. The molecule has 83 valence electrons. The third-order valence-electron chi connectivity index (χ3n) is 2.27. The van der Waals surface area contributed by atoms with E-state index in [0.29, 0.717) is 11.3 Å². The van der Waals surface area contributed by atoms with Crippen LogP contribution in [0.4, 0.5) is 0 Å². The molecule has 0 aliphatic heterocycles. The highest BCUT2D eigenvalue weighted by Gasteiger charge is 2.06. The molecule has 1 aromatic heterocycles. The zero-order chi connectivity index (χ0) is 12.1. The third kappa shape index (κ3) is 2.58. The SMILES string of the molecule is CCc1cc(C#N)ccc1Oc1nc[c]cn1. The summed E-state index contributed by atoms with van der Waals surface area (Å²) in [7, 11) is 0. The number of ether oxygens (including phenoxy) is 1. The van der Waals surface area contributed by atoms with Crippen LogP contribution in [0.5, 0.6) is 11.8 Å². The van der Waals surface area contributed by atoms with Crippen molar-refractivity contribution < 1.29 is 4.74 Å². The topological polar surface area (TPSA) is 58.8 Å². The molecule has 4 nitrogen and oxygen atoms in total. The summed E-state index contributed by atoms with van der Waals surface area (Å²) in [6, 6.07) is 10.4. The number of aromatic nitrogens is 2. The fourth-order valence-corrected chi connectivity index (χ4v) is 1.43. The minimum atomic E-state index is 0.281. The van der Waals surface area contributed by atoms with Crippen LogP contribution < -0.4 is 4.74 Å². The highest BCUT2D eigenvalue weighted by Crippen LogP contribution is 2.24. The molecule has 0 bridgehead atoms.